The van der Waals surface area contributed by atoms with Gasteiger partial charge >= 0.3 is 0 Å². The molecule has 0 bridgehead atoms. The van der Waals surface area contributed by atoms with Gasteiger partial charge in [-0.25, -0.2) is 0 Å². The molecule has 2 aromatic rings. The normalized spacial score (nSPS) is 15.8. The van der Waals surface area contributed by atoms with Gasteiger partial charge in [0.2, 0.25) is 0 Å². The first-order valence-corrected chi connectivity index (χ1v) is 7.53. The molecule has 1 N–H and O–H groups in total. The van der Waals surface area contributed by atoms with Gasteiger partial charge in [-0.05, 0) is 72.6 Å². The molecule has 1 aliphatic rings. The monoisotopic (exact) mass is 282 g/mol. The minimum atomic E-state index is -0.576. The fraction of sp³-hybridized carbons (Fsp3) is 0.368. The number of aliphatic hydroxyl groups is 1. The van der Waals surface area contributed by atoms with Crippen molar-refractivity contribution in [1.82, 2.24) is 0 Å². The zero-order chi connectivity index (χ0) is 15.0. The molecule has 1 unspecified atom stereocenters. The topological polar surface area (TPSA) is 29.5 Å². The van der Waals surface area contributed by atoms with Crippen molar-refractivity contribution in [3.8, 4) is 5.75 Å². The lowest BCUT2D eigenvalue weighted by Gasteiger charge is -2.17. The lowest BCUT2D eigenvalue weighted by atomic mass is 9.94. The predicted octanol–water partition coefficient (Wildman–Crippen LogP) is 4.27. The Morgan fingerprint density at radius 1 is 1.10 bits per heavy atom. The molecule has 0 saturated heterocycles. The summed E-state index contributed by atoms with van der Waals surface area (Å²) in [7, 11) is 1.68. The molecule has 0 amide bonds. The summed E-state index contributed by atoms with van der Waals surface area (Å²) in [5.74, 6) is 1.58. The number of rotatable bonds is 4. The summed E-state index contributed by atoms with van der Waals surface area (Å²) in [6.07, 6.45) is 1.98. The highest BCUT2D eigenvalue weighted by molar-refractivity contribution is 5.45. The molecule has 0 spiro atoms. The molecule has 1 saturated carbocycles. The van der Waals surface area contributed by atoms with Crippen LogP contribution < -0.4 is 4.74 Å². The van der Waals surface area contributed by atoms with Crippen molar-refractivity contribution >= 4 is 0 Å². The fourth-order valence-electron chi connectivity index (χ4n) is 2.91. The van der Waals surface area contributed by atoms with E-state index >= 15 is 0 Å². The zero-order valence-electron chi connectivity index (χ0n) is 12.9. The van der Waals surface area contributed by atoms with E-state index < -0.39 is 6.10 Å². The van der Waals surface area contributed by atoms with Crippen LogP contribution in [0, 0.1) is 13.8 Å². The van der Waals surface area contributed by atoms with Crippen LogP contribution in [0.2, 0.25) is 0 Å². The Morgan fingerprint density at radius 2 is 1.86 bits per heavy atom. The van der Waals surface area contributed by atoms with Crippen LogP contribution in [0.4, 0.5) is 0 Å². The summed E-state index contributed by atoms with van der Waals surface area (Å²) in [6.45, 7) is 4.03. The molecule has 1 fully saturated rings. The third-order valence-electron chi connectivity index (χ3n) is 4.35. The molecule has 2 heteroatoms. The van der Waals surface area contributed by atoms with Gasteiger partial charge < -0.3 is 9.84 Å². The largest absolute Gasteiger partial charge is 0.496 e. The van der Waals surface area contributed by atoms with E-state index in [1.807, 2.05) is 32.0 Å². The Hall–Kier alpha value is -1.80. The van der Waals surface area contributed by atoms with Gasteiger partial charge in [0.1, 0.15) is 11.9 Å². The standard InChI is InChI=1S/C19H22O2/c1-12-10-18(21-3)13(2)9-17(12)19(20)16-6-4-5-15(11-16)14-7-8-14/h4-6,9-11,14,19-20H,7-8H2,1-3H3. The third kappa shape index (κ3) is 2.81. The molecule has 110 valence electrons. The van der Waals surface area contributed by atoms with Gasteiger partial charge in [0.15, 0.2) is 0 Å². The summed E-state index contributed by atoms with van der Waals surface area (Å²) in [6, 6.07) is 12.4. The fourth-order valence-corrected chi connectivity index (χ4v) is 2.91. The summed E-state index contributed by atoms with van der Waals surface area (Å²) >= 11 is 0. The Bertz CT molecular complexity index is 657. The molecular weight excluding hydrogens is 260 g/mol. The molecule has 0 heterocycles. The first kappa shape index (κ1) is 14.2. The van der Waals surface area contributed by atoms with Gasteiger partial charge in [-0.15, -0.1) is 0 Å². The van der Waals surface area contributed by atoms with Crippen LogP contribution in [-0.2, 0) is 0 Å². The average Bonchev–Trinajstić information content (AvgIpc) is 3.33. The van der Waals surface area contributed by atoms with Crippen LogP contribution in [0.25, 0.3) is 0 Å². The maximum atomic E-state index is 10.7. The number of hydrogen-bond donors (Lipinski definition) is 1. The first-order chi connectivity index (χ1) is 10.1. The van der Waals surface area contributed by atoms with Gasteiger partial charge in [0.25, 0.3) is 0 Å². The molecule has 3 rings (SSSR count). The van der Waals surface area contributed by atoms with Crippen molar-refractivity contribution < 1.29 is 9.84 Å². The summed E-state index contributed by atoms with van der Waals surface area (Å²) in [4.78, 5) is 0. The van der Waals surface area contributed by atoms with Crippen molar-refractivity contribution in [3.63, 3.8) is 0 Å². The van der Waals surface area contributed by atoms with Gasteiger partial charge in [0, 0.05) is 0 Å². The van der Waals surface area contributed by atoms with E-state index in [0.29, 0.717) is 5.92 Å². The van der Waals surface area contributed by atoms with Gasteiger partial charge in [-0.2, -0.15) is 0 Å². The second-order valence-electron chi connectivity index (χ2n) is 6.03. The molecule has 2 aromatic carbocycles. The smallest absolute Gasteiger partial charge is 0.122 e. The lowest BCUT2D eigenvalue weighted by Crippen LogP contribution is -2.04. The van der Waals surface area contributed by atoms with Crippen molar-refractivity contribution in [2.45, 2.75) is 38.7 Å². The second kappa shape index (κ2) is 5.53. The number of hydrogen-bond acceptors (Lipinski definition) is 2. The maximum absolute atomic E-state index is 10.7. The Labute approximate surface area is 126 Å². The number of aryl methyl sites for hydroxylation is 2. The SMILES string of the molecule is COc1cc(C)c(C(O)c2cccc(C3CC3)c2)cc1C. The van der Waals surface area contributed by atoms with E-state index in [-0.39, 0.29) is 0 Å². The van der Waals surface area contributed by atoms with E-state index in [0.717, 1.165) is 28.0 Å². The van der Waals surface area contributed by atoms with Crippen LogP contribution in [0.3, 0.4) is 0 Å². The minimum absolute atomic E-state index is 0.576. The molecular formula is C19H22O2. The molecule has 0 aromatic heterocycles. The van der Waals surface area contributed by atoms with Gasteiger partial charge in [-0.1, -0.05) is 24.3 Å². The Kier molecular flexibility index (Phi) is 3.73. The van der Waals surface area contributed by atoms with E-state index in [2.05, 4.69) is 18.2 Å². The average molecular weight is 282 g/mol. The number of aliphatic hydroxyl groups excluding tert-OH is 1. The van der Waals surface area contributed by atoms with E-state index in [4.69, 9.17) is 4.74 Å². The van der Waals surface area contributed by atoms with Crippen molar-refractivity contribution in [1.29, 1.82) is 0 Å². The summed E-state index contributed by atoms with van der Waals surface area (Å²) in [5, 5.41) is 10.7. The van der Waals surface area contributed by atoms with Gasteiger partial charge in [0.05, 0.1) is 7.11 Å². The summed E-state index contributed by atoms with van der Waals surface area (Å²) < 4.78 is 5.34. The van der Waals surface area contributed by atoms with E-state index in [1.165, 1.54) is 18.4 Å². The molecule has 21 heavy (non-hydrogen) atoms. The summed E-state index contributed by atoms with van der Waals surface area (Å²) in [5.41, 5.74) is 5.40. The lowest BCUT2D eigenvalue weighted by molar-refractivity contribution is 0.219. The Balaban J connectivity index is 1.96. The van der Waals surface area contributed by atoms with Crippen LogP contribution in [0.5, 0.6) is 5.75 Å². The van der Waals surface area contributed by atoms with Crippen LogP contribution in [0.15, 0.2) is 36.4 Å². The zero-order valence-corrected chi connectivity index (χ0v) is 12.9. The molecule has 0 aliphatic heterocycles. The second-order valence-corrected chi connectivity index (χ2v) is 6.03. The number of benzene rings is 2. The molecule has 1 aliphatic carbocycles. The van der Waals surface area contributed by atoms with Crippen molar-refractivity contribution in [3.05, 3.63) is 64.2 Å². The van der Waals surface area contributed by atoms with Crippen LogP contribution >= 0.6 is 0 Å². The predicted molar refractivity (Wildman–Crippen MR) is 84.9 cm³/mol. The highest BCUT2D eigenvalue weighted by Gasteiger charge is 2.24. The molecule has 0 radical (unpaired) electrons. The number of ether oxygens (including phenoxy) is 1. The van der Waals surface area contributed by atoms with Crippen molar-refractivity contribution in [2.75, 3.05) is 7.11 Å². The quantitative estimate of drug-likeness (QED) is 0.907. The number of methoxy groups -OCH3 is 1. The maximum Gasteiger partial charge on any atom is 0.122 e. The highest BCUT2D eigenvalue weighted by Crippen LogP contribution is 2.41. The van der Waals surface area contributed by atoms with E-state index in [1.54, 1.807) is 7.11 Å². The highest BCUT2D eigenvalue weighted by atomic mass is 16.5. The minimum Gasteiger partial charge on any atom is -0.496 e. The Morgan fingerprint density at radius 3 is 2.52 bits per heavy atom. The van der Waals surface area contributed by atoms with Crippen LogP contribution in [0.1, 0.15) is 52.7 Å². The van der Waals surface area contributed by atoms with E-state index in [9.17, 15) is 5.11 Å². The first-order valence-electron chi connectivity index (χ1n) is 7.53. The molecule has 1 atom stereocenters. The third-order valence-corrected chi connectivity index (χ3v) is 4.35. The van der Waals surface area contributed by atoms with Crippen LogP contribution in [-0.4, -0.2) is 12.2 Å². The van der Waals surface area contributed by atoms with Crippen molar-refractivity contribution in [2.24, 2.45) is 0 Å². The van der Waals surface area contributed by atoms with Gasteiger partial charge in [-0.3, -0.25) is 0 Å². The molecule has 2 nitrogen and oxygen atoms in total.